The van der Waals surface area contributed by atoms with Crippen LogP contribution in [0.15, 0.2) is 66.7 Å². The van der Waals surface area contributed by atoms with Crippen LogP contribution in [-0.2, 0) is 17.9 Å². The first kappa shape index (κ1) is 21.7. The van der Waals surface area contributed by atoms with Gasteiger partial charge in [-0.15, -0.1) is 0 Å². The number of para-hydroxylation sites is 1. The molecule has 1 aliphatic rings. The quantitative estimate of drug-likeness (QED) is 0.548. The number of rotatable bonds is 4. The molecule has 0 saturated heterocycles. The van der Waals surface area contributed by atoms with E-state index in [9.17, 15) is 4.79 Å². The van der Waals surface area contributed by atoms with Crippen molar-refractivity contribution in [2.75, 3.05) is 13.2 Å². The van der Waals surface area contributed by atoms with Crippen molar-refractivity contribution in [2.45, 2.75) is 39.5 Å². The minimum Gasteiger partial charge on any atom is -0.488 e. The summed E-state index contributed by atoms with van der Waals surface area (Å²) in [5.74, 6) is 1.29. The molecule has 6 nitrogen and oxygen atoms in total. The number of ether oxygens (including phenoxy) is 3. The van der Waals surface area contributed by atoms with Gasteiger partial charge < -0.3 is 19.1 Å². The molecule has 1 aromatic heterocycles. The van der Waals surface area contributed by atoms with Gasteiger partial charge in [0.1, 0.15) is 24.6 Å². The number of carbonyl (C=O) groups is 1. The van der Waals surface area contributed by atoms with Gasteiger partial charge in [0.15, 0.2) is 0 Å². The van der Waals surface area contributed by atoms with E-state index in [0.717, 1.165) is 28.1 Å². The minimum absolute atomic E-state index is 0.349. The Hall–Kier alpha value is -3.54. The molecule has 3 aromatic rings. The number of amides is 1. The fourth-order valence-corrected chi connectivity index (χ4v) is 3.42. The maximum absolute atomic E-state index is 12.5. The van der Waals surface area contributed by atoms with E-state index in [1.807, 2.05) is 87.5 Å². The second kappa shape index (κ2) is 9.30. The van der Waals surface area contributed by atoms with Crippen LogP contribution in [0.4, 0.5) is 4.79 Å². The molecule has 2 heterocycles. The highest BCUT2D eigenvalue weighted by molar-refractivity contribution is 5.69. The van der Waals surface area contributed by atoms with Crippen molar-refractivity contribution in [3.8, 4) is 22.9 Å². The Morgan fingerprint density at radius 1 is 1.03 bits per heavy atom. The lowest BCUT2D eigenvalue weighted by atomic mass is 10.1. The SMILES string of the molecule is CC(C)(C)OC(=O)N1CCOc2nc(-c3ccccc3OCc3ccccc3)ccc2C1. The van der Waals surface area contributed by atoms with E-state index >= 15 is 0 Å². The molecule has 0 atom stereocenters. The van der Waals surface area contributed by atoms with E-state index in [-0.39, 0.29) is 6.09 Å². The Labute approximate surface area is 188 Å². The second-order valence-electron chi connectivity index (χ2n) is 8.68. The summed E-state index contributed by atoms with van der Waals surface area (Å²) in [5, 5.41) is 0. The molecule has 0 radical (unpaired) electrons. The average Bonchev–Trinajstić information content (AvgIpc) is 2.99. The van der Waals surface area contributed by atoms with Crippen molar-refractivity contribution in [3.05, 3.63) is 77.9 Å². The highest BCUT2D eigenvalue weighted by atomic mass is 16.6. The lowest BCUT2D eigenvalue weighted by molar-refractivity contribution is 0.0225. The van der Waals surface area contributed by atoms with Gasteiger partial charge in [-0.3, -0.25) is 0 Å². The normalized spacial score (nSPS) is 13.5. The van der Waals surface area contributed by atoms with E-state index in [1.165, 1.54) is 0 Å². The van der Waals surface area contributed by atoms with Crippen molar-refractivity contribution < 1.29 is 19.0 Å². The van der Waals surface area contributed by atoms with Gasteiger partial charge in [0, 0.05) is 11.1 Å². The smallest absolute Gasteiger partial charge is 0.410 e. The topological polar surface area (TPSA) is 60.9 Å². The van der Waals surface area contributed by atoms with Crippen LogP contribution in [0.2, 0.25) is 0 Å². The minimum atomic E-state index is -0.543. The molecule has 2 aromatic carbocycles. The van der Waals surface area contributed by atoms with Gasteiger partial charge >= 0.3 is 6.09 Å². The van der Waals surface area contributed by atoms with Gasteiger partial charge in [0.05, 0.1) is 18.8 Å². The van der Waals surface area contributed by atoms with Gasteiger partial charge in [-0.25, -0.2) is 9.78 Å². The van der Waals surface area contributed by atoms with Crippen molar-refractivity contribution in [1.82, 2.24) is 9.88 Å². The van der Waals surface area contributed by atoms with E-state index < -0.39 is 5.60 Å². The van der Waals surface area contributed by atoms with Crippen molar-refractivity contribution in [1.29, 1.82) is 0 Å². The first-order chi connectivity index (χ1) is 15.4. The summed E-state index contributed by atoms with van der Waals surface area (Å²) < 4.78 is 17.5. The summed E-state index contributed by atoms with van der Waals surface area (Å²) in [5.41, 5.74) is 3.06. The molecule has 0 bridgehead atoms. The third kappa shape index (κ3) is 5.38. The van der Waals surface area contributed by atoms with Crippen LogP contribution in [0.3, 0.4) is 0 Å². The van der Waals surface area contributed by atoms with Crippen LogP contribution in [0.1, 0.15) is 31.9 Å². The Bertz CT molecular complexity index is 1080. The van der Waals surface area contributed by atoms with Gasteiger partial charge in [-0.2, -0.15) is 0 Å². The van der Waals surface area contributed by atoms with Crippen LogP contribution in [0.5, 0.6) is 11.6 Å². The molecule has 0 fully saturated rings. The van der Waals surface area contributed by atoms with Crippen molar-refractivity contribution >= 4 is 6.09 Å². The number of nitrogens with zero attached hydrogens (tertiary/aromatic N) is 2. The first-order valence-electron chi connectivity index (χ1n) is 10.8. The van der Waals surface area contributed by atoms with Crippen LogP contribution < -0.4 is 9.47 Å². The predicted octanol–water partition coefficient (Wildman–Crippen LogP) is 5.46. The standard InChI is InChI=1S/C26H28N2O4/c1-26(2,3)32-25(29)28-15-16-30-24-20(17-28)13-14-22(27-24)21-11-7-8-12-23(21)31-18-19-9-5-4-6-10-19/h4-14H,15-18H2,1-3H3. The highest BCUT2D eigenvalue weighted by Crippen LogP contribution is 2.32. The summed E-state index contributed by atoms with van der Waals surface area (Å²) >= 11 is 0. The van der Waals surface area contributed by atoms with E-state index in [4.69, 9.17) is 19.2 Å². The lowest BCUT2D eigenvalue weighted by Crippen LogP contribution is -2.37. The second-order valence-corrected chi connectivity index (χ2v) is 8.68. The van der Waals surface area contributed by atoms with Gasteiger partial charge in [0.25, 0.3) is 0 Å². The highest BCUT2D eigenvalue weighted by Gasteiger charge is 2.26. The molecule has 6 heteroatoms. The number of hydrogen-bond donors (Lipinski definition) is 0. The van der Waals surface area contributed by atoms with Gasteiger partial charge in [-0.1, -0.05) is 42.5 Å². The summed E-state index contributed by atoms with van der Waals surface area (Å²) in [6.45, 7) is 7.25. The molecule has 0 spiro atoms. The summed E-state index contributed by atoms with van der Waals surface area (Å²) in [4.78, 5) is 18.9. The Balaban J connectivity index is 1.54. The summed E-state index contributed by atoms with van der Waals surface area (Å²) in [6, 6.07) is 21.8. The maximum Gasteiger partial charge on any atom is 0.410 e. The molecular weight excluding hydrogens is 404 g/mol. The molecule has 0 N–H and O–H groups in total. The number of aromatic nitrogens is 1. The van der Waals surface area contributed by atoms with Crippen molar-refractivity contribution in [3.63, 3.8) is 0 Å². The zero-order chi connectivity index (χ0) is 22.6. The Kier molecular flexibility index (Phi) is 6.30. The zero-order valence-electron chi connectivity index (χ0n) is 18.7. The Morgan fingerprint density at radius 2 is 1.78 bits per heavy atom. The van der Waals surface area contributed by atoms with Gasteiger partial charge in [0.2, 0.25) is 5.88 Å². The maximum atomic E-state index is 12.5. The van der Waals surface area contributed by atoms with Crippen LogP contribution in [-0.4, -0.2) is 34.7 Å². The monoisotopic (exact) mass is 432 g/mol. The molecule has 4 rings (SSSR count). The number of pyridine rings is 1. The zero-order valence-corrected chi connectivity index (χ0v) is 18.7. The van der Waals surface area contributed by atoms with Crippen LogP contribution in [0, 0.1) is 0 Å². The molecule has 1 aliphatic heterocycles. The molecule has 166 valence electrons. The third-order valence-corrected chi connectivity index (χ3v) is 4.95. The molecule has 0 saturated carbocycles. The Morgan fingerprint density at radius 3 is 2.56 bits per heavy atom. The number of carbonyl (C=O) groups excluding carboxylic acids is 1. The van der Waals surface area contributed by atoms with E-state index in [1.54, 1.807) is 4.90 Å². The van der Waals surface area contributed by atoms with Gasteiger partial charge in [-0.05, 0) is 50.6 Å². The van der Waals surface area contributed by atoms with E-state index in [0.29, 0.717) is 32.2 Å². The number of hydrogen-bond acceptors (Lipinski definition) is 5. The summed E-state index contributed by atoms with van der Waals surface area (Å²) in [6.07, 6.45) is -0.349. The molecule has 0 unspecified atom stereocenters. The van der Waals surface area contributed by atoms with E-state index in [2.05, 4.69) is 0 Å². The van der Waals surface area contributed by atoms with Crippen LogP contribution >= 0.6 is 0 Å². The van der Waals surface area contributed by atoms with Crippen molar-refractivity contribution in [2.24, 2.45) is 0 Å². The molecular formula is C26H28N2O4. The fraction of sp³-hybridized carbons (Fsp3) is 0.308. The fourth-order valence-electron chi connectivity index (χ4n) is 3.42. The predicted molar refractivity (Wildman–Crippen MR) is 123 cm³/mol. The molecule has 32 heavy (non-hydrogen) atoms. The average molecular weight is 433 g/mol. The first-order valence-corrected chi connectivity index (χ1v) is 10.8. The third-order valence-electron chi connectivity index (χ3n) is 4.95. The summed E-state index contributed by atoms with van der Waals surface area (Å²) in [7, 11) is 0. The lowest BCUT2D eigenvalue weighted by Gasteiger charge is -2.26. The molecule has 1 amide bonds. The molecule has 0 aliphatic carbocycles. The van der Waals surface area contributed by atoms with Crippen LogP contribution in [0.25, 0.3) is 11.3 Å². The largest absolute Gasteiger partial charge is 0.488 e. The number of benzene rings is 2. The number of fused-ring (bicyclic) bond motifs is 1.